The van der Waals surface area contributed by atoms with Gasteiger partial charge in [0.15, 0.2) is 0 Å². The van der Waals surface area contributed by atoms with Crippen molar-refractivity contribution in [2.75, 3.05) is 14.2 Å². The summed E-state index contributed by atoms with van der Waals surface area (Å²) in [5, 5.41) is 3.90. The SMILES string of the molecule is CON=CC1=[N+](C)c2ccc(C)cc2C1(C)C.[Cl-]. The molecule has 0 saturated carbocycles. The van der Waals surface area contributed by atoms with E-state index in [0.717, 1.165) is 5.71 Å². The molecule has 0 spiro atoms. The summed E-state index contributed by atoms with van der Waals surface area (Å²) in [7, 11) is 3.64. The highest BCUT2D eigenvalue weighted by atomic mass is 35.5. The normalized spacial score (nSPS) is 16.7. The number of hydrogen-bond donors (Lipinski definition) is 0. The van der Waals surface area contributed by atoms with Crippen molar-refractivity contribution < 1.29 is 21.8 Å². The van der Waals surface area contributed by atoms with Crippen LogP contribution in [-0.2, 0) is 10.3 Å². The van der Waals surface area contributed by atoms with Gasteiger partial charge in [0, 0.05) is 11.6 Å². The van der Waals surface area contributed by atoms with Crippen LogP contribution in [0.25, 0.3) is 0 Å². The second kappa shape index (κ2) is 5.11. The van der Waals surface area contributed by atoms with Gasteiger partial charge in [0.2, 0.25) is 11.4 Å². The predicted molar refractivity (Wildman–Crippen MR) is 70.6 cm³/mol. The van der Waals surface area contributed by atoms with Crippen molar-refractivity contribution in [3.05, 3.63) is 29.3 Å². The van der Waals surface area contributed by atoms with E-state index < -0.39 is 0 Å². The molecule has 3 nitrogen and oxygen atoms in total. The number of rotatable bonds is 2. The second-order valence-electron chi connectivity index (χ2n) is 5.01. The van der Waals surface area contributed by atoms with Crippen LogP contribution < -0.4 is 12.4 Å². The molecule has 0 aromatic heterocycles. The lowest BCUT2D eigenvalue weighted by Gasteiger charge is -2.15. The molecule has 0 aliphatic carbocycles. The third kappa shape index (κ3) is 2.15. The van der Waals surface area contributed by atoms with E-state index in [0.29, 0.717) is 0 Å². The van der Waals surface area contributed by atoms with Gasteiger partial charge < -0.3 is 17.2 Å². The summed E-state index contributed by atoms with van der Waals surface area (Å²) in [6.45, 7) is 6.55. The molecule has 0 N–H and O–H groups in total. The molecular formula is C14H19ClN2O. The van der Waals surface area contributed by atoms with E-state index in [1.165, 1.54) is 16.8 Å². The van der Waals surface area contributed by atoms with Gasteiger partial charge in [-0.1, -0.05) is 16.8 Å². The maximum absolute atomic E-state index is 4.79. The molecular weight excluding hydrogens is 248 g/mol. The summed E-state index contributed by atoms with van der Waals surface area (Å²) in [5.41, 5.74) is 5.00. The van der Waals surface area contributed by atoms with Crippen LogP contribution >= 0.6 is 0 Å². The zero-order chi connectivity index (χ0) is 12.6. The Morgan fingerprint density at radius 1 is 1.33 bits per heavy atom. The summed E-state index contributed by atoms with van der Waals surface area (Å²) in [6, 6.07) is 6.56. The van der Waals surface area contributed by atoms with E-state index in [9.17, 15) is 0 Å². The van der Waals surface area contributed by atoms with Gasteiger partial charge in [-0.05, 0) is 26.8 Å². The van der Waals surface area contributed by atoms with Gasteiger partial charge in [-0.3, -0.25) is 0 Å². The number of hydrogen-bond acceptors (Lipinski definition) is 2. The Morgan fingerprint density at radius 3 is 2.61 bits per heavy atom. The molecule has 1 heterocycles. The van der Waals surface area contributed by atoms with Gasteiger partial charge in [-0.2, -0.15) is 4.58 Å². The molecule has 18 heavy (non-hydrogen) atoms. The van der Waals surface area contributed by atoms with E-state index in [1.807, 2.05) is 0 Å². The van der Waals surface area contributed by atoms with Gasteiger partial charge >= 0.3 is 0 Å². The van der Waals surface area contributed by atoms with E-state index in [1.54, 1.807) is 13.3 Å². The van der Waals surface area contributed by atoms with Crippen molar-refractivity contribution in [2.45, 2.75) is 26.2 Å². The Bertz CT molecular complexity index is 519. The molecule has 0 fully saturated rings. The Labute approximate surface area is 115 Å². The van der Waals surface area contributed by atoms with Gasteiger partial charge in [0.25, 0.3) is 0 Å². The lowest BCUT2D eigenvalue weighted by atomic mass is 9.81. The molecule has 2 rings (SSSR count). The third-order valence-electron chi connectivity index (χ3n) is 3.47. The molecule has 0 bridgehead atoms. The third-order valence-corrected chi connectivity index (χ3v) is 3.47. The summed E-state index contributed by atoms with van der Waals surface area (Å²) in [5.74, 6) is 0. The first-order valence-electron chi connectivity index (χ1n) is 5.77. The molecule has 0 radical (unpaired) electrons. The Morgan fingerprint density at radius 2 is 2.00 bits per heavy atom. The summed E-state index contributed by atoms with van der Waals surface area (Å²) < 4.78 is 2.18. The van der Waals surface area contributed by atoms with Crippen molar-refractivity contribution >= 4 is 17.6 Å². The highest BCUT2D eigenvalue weighted by Gasteiger charge is 2.43. The van der Waals surface area contributed by atoms with Gasteiger partial charge in [-0.15, -0.1) is 0 Å². The fraction of sp³-hybridized carbons (Fsp3) is 0.429. The molecule has 98 valence electrons. The molecule has 1 aromatic rings. The molecule has 1 aliphatic rings. The number of aryl methyl sites for hydroxylation is 1. The van der Waals surface area contributed by atoms with E-state index in [4.69, 9.17) is 4.84 Å². The number of halogens is 1. The van der Waals surface area contributed by atoms with Crippen LogP contribution in [-0.4, -0.2) is 30.7 Å². The van der Waals surface area contributed by atoms with Crippen molar-refractivity contribution in [2.24, 2.45) is 5.16 Å². The van der Waals surface area contributed by atoms with Gasteiger partial charge in [-0.25, -0.2) is 0 Å². The summed E-state index contributed by atoms with van der Waals surface area (Å²) >= 11 is 0. The summed E-state index contributed by atoms with van der Waals surface area (Å²) in [4.78, 5) is 4.79. The first kappa shape index (κ1) is 14.7. The van der Waals surface area contributed by atoms with Crippen molar-refractivity contribution in [1.29, 1.82) is 0 Å². The van der Waals surface area contributed by atoms with Gasteiger partial charge in [0.05, 0.1) is 5.41 Å². The molecule has 0 unspecified atom stereocenters. The van der Waals surface area contributed by atoms with Crippen LogP contribution in [0.3, 0.4) is 0 Å². The minimum Gasteiger partial charge on any atom is -1.00 e. The number of oxime groups is 1. The molecule has 4 heteroatoms. The number of fused-ring (bicyclic) bond motifs is 1. The van der Waals surface area contributed by atoms with Crippen LogP contribution in [0.2, 0.25) is 0 Å². The Kier molecular flexibility index (Phi) is 4.17. The maximum Gasteiger partial charge on any atom is 0.213 e. The van der Waals surface area contributed by atoms with Crippen molar-refractivity contribution in [3.8, 4) is 0 Å². The largest absolute Gasteiger partial charge is 1.00 e. The van der Waals surface area contributed by atoms with Crippen molar-refractivity contribution in [3.63, 3.8) is 0 Å². The predicted octanol–water partition coefficient (Wildman–Crippen LogP) is -0.363. The monoisotopic (exact) mass is 266 g/mol. The molecule has 0 saturated heterocycles. The second-order valence-corrected chi connectivity index (χ2v) is 5.01. The molecule has 1 aliphatic heterocycles. The Hall–Kier alpha value is -1.35. The van der Waals surface area contributed by atoms with Crippen LogP contribution in [0.4, 0.5) is 5.69 Å². The van der Waals surface area contributed by atoms with E-state index >= 15 is 0 Å². The fourth-order valence-electron chi connectivity index (χ4n) is 2.48. The highest BCUT2D eigenvalue weighted by molar-refractivity contribution is 6.33. The average Bonchev–Trinajstić information content (AvgIpc) is 2.45. The van der Waals surface area contributed by atoms with E-state index in [2.05, 4.69) is 55.7 Å². The first-order chi connectivity index (χ1) is 7.98. The number of benzene rings is 1. The van der Waals surface area contributed by atoms with Crippen LogP contribution in [0, 0.1) is 6.92 Å². The Balaban J connectivity index is 0.00000162. The smallest absolute Gasteiger partial charge is 0.213 e. The van der Waals surface area contributed by atoms with Crippen LogP contribution in [0.15, 0.2) is 23.4 Å². The lowest BCUT2D eigenvalue weighted by Crippen LogP contribution is -3.00. The fourth-order valence-corrected chi connectivity index (χ4v) is 2.48. The highest BCUT2D eigenvalue weighted by Crippen LogP contribution is 2.38. The minimum absolute atomic E-state index is 0. The number of nitrogens with zero attached hydrogens (tertiary/aromatic N) is 2. The quantitative estimate of drug-likeness (QED) is 0.408. The lowest BCUT2D eigenvalue weighted by molar-refractivity contribution is -0.400. The average molecular weight is 267 g/mol. The van der Waals surface area contributed by atoms with Crippen LogP contribution in [0.1, 0.15) is 25.0 Å². The van der Waals surface area contributed by atoms with Crippen molar-refractivity contribution in [1.82, 2.24) is 0 Å². The zero-order valence-corrected chi connectivity index (χ0v) is 12.2. The standard InChI is InChI=1S/C14H19N2O.ClH/c1-10-6-7-12-11(8-10)14(2,3)13(16(12)4)9-15-17-5;/h6-9H,1-5H3;1H/q+1;/p-1. The molecule has 0 amide bonds. The summed E-state index contributed by atoms with van der Waals surface area (Å²) in [6.07, 6.45) is 1.80. The first-order valence-corrected chi connectivity index (χ1v) is 5.77. The minimum atomic E-state index is -0.0296. The van der Waals surface area contributed by atoms with E-state index in [-0.39, 0.29) is 17.8 Å². The molecule has 0 atom stereocenters. The van der Waals surface area contributed by atoms with Gasteiger partial charge in [0.1, 0.15) is 20.4 Å². The van der Waals surface area contributed by atoms with Crippen LogP contribution in [0.5, 0.6) is 0 Å². The zero-order valence-electron chi connectivity index (χ0n) is 11.5. The maximum atomic E-state index is 4.79. The molecule has 1 aromatic carbocycles. The topological polar surface area (TPSA) is 24.6 Å².